The van der Waals surface area contributed by atoms with Crippen LogP contribution < -0.4 is 0 Å². The Labute approximate surface area is 97.9 Å². The number of aryl methyl sites for hydroxylation is 1. The summed E-state index contributed by atoms with van der Waals surface area (Å²) in [7, 11) is 0. The average molecular weight is 219 g/mol. The van der Waals surface area contributed by atoms with Crippen molar-refractivity contribution in [2.45, 2.75) is 45.7 Å². The Morgan fingerprint density at radius 1 is 1.38 bits per heavy atom. The zero-order valence-electron chi connectivity index (χ0n) is 10.2. The summed E-state index contributed by atoms with van der Waals surface area (Å²) in [4.78, 5) is 2.47. The SMILES string of the molecule is Cc1cccc(CN2CCCCC2C)c1O. The molecule has 0 spiro atoms. The molecule has 1 heterocycles. The van der Waals surface area contributed by atoms with E-state index in [0.717, 1.165) is 24.2 Å². The van der Waals surface area contributed by atoms with Crippen LogP contribution in [-0.4, -0.2) is 22.6 Å². The molecular weight excluding hydrogens is 198 g/mol. The van der Waals surface area contributed by atoms with Gasteiger partial charge in [0.25, 0.3) is 0 Å². The lowest BCUT2D eigenvalue weighted by molar-refractivity contribution is 0.151. The lowest BCUT2D eigenvalue weighted by atomic mass is 10.0. The number of hydrogen-bond acceptors (Lipinski definition) is 2. The molecule has 0 bridgehead atoms. The molecule has 0 amide bonds. The highest BCUT2D eigenvalue weighted by Gasteiger charge is 2.19. The fraction of sp³-hybridized carbons (Fsp3) is 0.571. The Hall–Kier alpha value is -1.02. The number of aromatic hydroxyl groups is 1. The minimum atomic E-state index is 0.472. The van der Waals surface area contributed by atoms with Gasteiger partial charge in [-0.2, -0.15) is 0 Å². The van der Waals surface area contributed by atoms with Gasteiger partial charge in [0.15, 0.2) is 0 Å². The second kappa shape index (κ2) is 4.88. The number of rotatable bonds is 2. The molecule has 0 saturated carbocycles. The van der Waals surface area contributed by atoms with Gasteiger partial charge in [-0.05, 0) is 38.8 Å². The second-order valence-corrected chi connectivity index (χ2v) is 4.90. The van der Waals surface area contributed by atoms with Crippen LogP contribution in [0.25, 0.3) is 0 Å². The zero-order valence-corrected chi connectivity index (χ0v) is 10.2. The third-order valence-electron chi connectivity index (χ3n) is 3.64. The standard InChI is InChI=1S/C14H21NO/c1-11-6-5-8-13(14(11)16)10-15-9-4-3-7-12(15)2/h5-6,8,12,16H,3-4,7,9-10H2,1-2H3. The zero-order chi connectivity index (χ0) is 11.5. The molecule has 88 valence electrons. The summed E-state index contributed by atoms with van der Waals surface area (Å²) in [6, 6.07) is 6.66. The van der Waals surface area contributed by atoms with E-state index < -0.39 is 0 Å². The van der Waals surface area contributed by atoms with Gasteiger partial charge in [0.2, 0.25) is 0 Å². The fourth-order valence-corrected chi connectivity index (χ4v) is 2.46. The summed E-state index contributed by atoms with van der Waals surface area (Å²) in [6.07, 6.45) is 3.92. The third kappa shape index (κ3) is 2.38. The van der Waals surface area contributed by atoms with Crippen LogP contribution in [0.5, 0.6) is 5.75 Å². The van der Waals surface area contributed by atoms with E-state index in [1.807, 2.05) is 25.1 Å². The lowest BCUT2D eigenvalue weighted by Gasteiger charge is -2.33. The van der Waals surface area contributed by atoms with Crippen LogP contribution in [0.15, 0.2) is 18.2 Å². The van der Waals surface area contributed by atoms with Gasteiger partial charge < -0.3 is 5.11 Å². The van der Waals surface area contributed by atoms with Gasteiger partial charge in [0, 0.05) is 18.2 Å². The Morgan fingerprint density at radius 3 is 2.94 bits per heavy atom. The summed E-state index contributed by atoms with van der Waals surface area (Å²) < 4.78 is 0. The molecule has 1 fully saturated rings. The largest absolute Gasteiger partial charge is 0.507 e. The smallest absolute Gasteiger partial charge is 0.122 e. The Bertz CT molecular complexity index is 362. The van der Waals surface area contributed by atoms with Crippen LogP contribution in [0.4, 0.5) is 0 Å². The molecule has 2 heteroatoms. The molecule has 1 atom stereocenters. The molecule has 0 aliphatic carbocycles. The molecule has 2 nitrogen and oxygen atoms in total. The monoisotopic (exact) mass is 219 g/mol. The van der Waals surface area contributed by atoms with Gasteiger partial charge in [0.1, 0.15) is 5.75 Å². The molecule has 1 aliphatic rings. The number of benzene rings is 1. The summed E-state index contributed by atoms with van der Waals surface area (Å²) in [5, 5.41) is 9.99. The van der Waals surface area contributed by atoms with Gasteiger partial charge in [-0.3, -0.25) is 4.90 Å². The number of nitrogens with zero attached hydrogens (tertiary/aromatic N) is 1. The van der Waals surface area contributed by atoms with Gasteiger partial charge in [0.05, 0.1) is 0 Å². The molecule has 1 aromatic carbocycles. The minimum Gasteiger partial charge on any atom is -0.507 e. The summed E-state index contributed by atoms with van der Waals surface area (Å²) in [5.41, 5.74) is 2.04. The number of piperidine rings is 1. The van der Waals surface area contributed by atoms with Crippen LogP contribution in [0.2, 0.25) is 0 Å². The number of hydrogen-bond donors (Lipinski definition) is 1. The van der Waals surface area contributed by atoms with E-state index in [-0.39, 0.29) is 0 Å². The van der Waals surface area contributed by atoms with Crippen LogP contribution in [0.1, 0.15) is 37.3 Å². The van der Waals surface area contributed by atoms with E-state index in [1.54, 1.807) is 0 Å². The van der Waals surface area contributed by atoms with Gasteiger partial charge >= 0.3 is 0 Å². The van der Waals surface area contributed by atoms with Crippen molar-refractivity contribution in [3.8, 4) is 5.75 Å². The summed E-state index contributed by atoms with van der Waals surface area (Å²) in [6.45, 7) is 6.29. The first-order valence-electron chi connectivity index (χ1n) is 6.20. The molecule has 1 unspecified atom stereocenters. The number of phenolic OH excluding ortho intramolecular Hbond substituents is 1. The maximum atomic E-state index is 9.99. The molecule has 16 heavy (non-hydrogen) atoms. The van der Waals surface area contributed by atoms with Crippen LogP contribution in [0.3, 0.4) is 0 Å². The van der Waals surface area contributed by atoms with Crippen LogP contribution >= 0.6 is 0 Å². The Balaban J connectivity index is 2.10. The van der Waals surface area contributed by atoms with Crippen molar-refractivity contribution in [2.75, 3.05) is 6.54 Å². The third-order valence-corrected chi connectivity index (χ3v) is 3.64. The predicted molar refractivity (Wildman–Crippen MR) is 66.6 cm³/mol. The summed E-state index contributed by atoms with van der Waals surface area (Å²) in [5.74, 6) is 0.472. The molecule has 1 saturated heterocycles. The maximum Gasteiger partial charge on any atom is 0.122 e. The van der Waals surface area contributed by atoms with E-state index in [4.69, 9.17) is 0 Å². The first-order valence-corrected chi connectivity index (χ1v) is 6.20. The van der Waals surface area contributed by atoms with Crippen molar-refractivity contribution in [2.24, 2.45) is 0 Å². The molecule has 0 radical (unpaired) electrons. The Morgan fingerprint density at radius 2 is 2.19 bits per heavy atom. The Kier molecular flexibility index (Phi) is 3.49. The molecule has 1 aliphatic heterocycles. The normalized spacial score (nSPS) is 22.2. The van der Waals surface area contributed by atoms with Crippen molar-refractivity contribution in [3.05, 3.63) is 29.3 Å². The number of likely N-dealkylation sites (tertiary alicyclic amines) is 1. The maximum absolute atomic E-state index is 9.99. The first kappa shape index (κ1) is 11.5. The molecule has 2 rings (SSSR count). The first-order chi connectivity index (χ1) is 7.68. The second-order valence-electron chi connectivity index (χ2n) is 4.90. The average Bonchev–Trinajstić information content (AvgIpc) is 2.28. The van der Waals surface area contributed by atoms with Crippen molar-refractivity contribution in [3.63, 3.8) is 0 Å². The van der Waals surface area contributed by atoms with Crippen molar-refractivity contribution >= 4 is 0 Å². The highest BCUT2D eigenvalue weighted by molar-refractivity contribution is 5.39. The van der Waals surface area contributed by atoms with Gasteiger partial charge in [-0.1, -0.05) is 24.6 Å². The van der Waals surface area contributed by atoms with E-state index in [9.17, 15) is 5.11 Å². The number of phenols is 1. The summed E-state index contributed by atoms with van der Waals surface area (Å²) >= 11 is 0. The lowest BCUT2D eigenvalue weighted by Crippen LogP contribution is -2.36. The van der Waals surface area contributed by atoms with E-state index >= 15 is 0 Å². The minimum absolute atomic E-state index is 0.472. The highest BCUT2D eigenvalue weighted by Crippen LogP contribution is 2.25. The molecular formula is C14H21NO. The van der Waals surface area contributed by atoms with Crippen LogP contribution in [0, 0.1) is 6.92 Å². The van der Waals surface area contributed by atoms with Crippen molar-refractivity contribution < 1.29 is 5.11 Å². The fourth-order valence-electron chi connectivity index (χ4n) is 2.46. The highest BCUT2D eigenvalue weighted by atomic mass is 16.3. The molecule has 1 N–H and O–H groups in total. The van der Waals surface area contributed by atoms with E-state index in [2.05, 4.69) is 11.8 Å². The quantitative estimate of drug-likeness (QED) is 0.826. The molecule has 0 aromatic heterocycles. The van der Waals surface area contributed by atoms with Crippen LogP contribution in [-0.2, 0) is 6.54 Å². The van der Waals surface area contributed by atoms with E-state index in [1.165, 1.54) is 19.3 Å². The molecule has 1 aromatic rings. The topological polar surface area (TPSA) is 23.5 Å². The van der Waals surface area contributed by atoms with Gasteiger partial charge in [-0.15, -0.1) is 0 Å². The van der Waals surface area contributed by atoms with Crippen molar-refractivity contribution in [1.82, 2.24) is 4.90 Å². The van der Waals surface area contributed by atoms with E-state index in [0.29, 0.717) is 11.8 Å². The predicted octanol–water partition coefficient (Wildman–Crippen LogP) is 3.08. The van der Waals surface area contributed by atoms with Gasteiger partial charge in [-0.25, -0.2) is 0 Å². The van der Waals surface area contributed by atoms with Crippen molar-refractivity contribution in [1.29, 1.82) is 0 Å². The number of para-hydroxylation sites is 1.